The van der Waals surface area contributed by atoms with E-state index in [0.717, 1.165) is 11.1 Å². The molecule has 0 unspecified atom stereocenters. The van der Waals surface area contributed by atoms with Gasteiger partial charge in [0.1, 0.15) is 5.75 Å². The summed E-state index contributed by atoms with van der Waals surface area (Å²) in [6.07, 6.45) is -0.911. The van der Waals surface area contributed by atoms with E-state index < -0.39 is 18.1 Å². The van der Waals surface area contributed by atoms with Gasteiger partial charge in [-0.05, 0) is 53.6 Å². The molecule has 1 N–H and O–H groups in total. The van der Waals surface area contributed by atoms with Gasteiger partial charge in [0.15, 0.2) is 11.5 Å². The summed E-state index contributed by atoms with van der Waals surface area (Å²) in [5, 5.41) is 8.97. The molecule has 3 rings (SSSR count). The van der Waals surface area contributed by atoms with Crippen molar-refractivity contribution in [2.24, 2.45) is 0 Å². The number of hydrogen-bond acceptors (Lipinski definition) is 7. The minimum absolute atomic E-state index is 0.101. The molecule has 0 radical (unpaired) electrons. The molecule has 0 aliphatic heterocycles. The third kappa shape index (κ3) is 5.18. The van der Waals surface area contributed by atoms with Crippen LogP contribution in [0.15, 0.2) is 66.7 Å². The normalized spacial score (nSPS) is 10.1. The number of carbonyl (C=O) groups excluding carboxylic acids is 2. The molecule has 0 atom stereocenters. The van der Waals surface area contributed by atoms with Crippen LogP contribution in [-0.2, 0) is 4.74 Å². The quantitative estimate of drug-likeness (QED) is 0.353. The van der Waals surface area contributed by atoms with E-state index >= 15 is 0 Å². The number of aromatic carboxylic acids is 1. The Kier molecular flexibility index (Phi) is 6.51. The van der Waals surface area contributed by atoms with Gasteiger partial charge in [-0.25, -0.2) is 14.4 Å². The fraction of sp³-hybridized carbons (Fsp3) is 0.0870. The second kappa shape index (κ2) is 9.45. The molecule has 0 bridgehead atoms. The zero-order valence-corrected chi connectivity index (χ0v) is 16.7. The topological polar surface area (TPSA) is 108 Å². The van der Waals surface area contributed by atoms with E-state index in [9.17, 15) is 14.4 Å². The molecule has 158 valence electrons. The number of carboxylic acid groups (broad SMARTS) is 1. The van der Waals surface area contributed by atoms with Gasteiger partial charge in [0, 0.05) is 0 Å². The van der Waals surface area contributed by atoms with Crippen molar-refractivity contribution in [2.75, 3.05) is 14.2 Å². The predicted molar refractivity (Wildman–Crippen MR) is 110 cm³/mol. The van der Waals surface area contributed by atoms with Crippen molar-refractivity contribution in [3.8, 4) is 28.4 Å². The smallest absolute Gasteiger partial charge is 0.493 e. The fourth-order valence-electron chi connectivity index (χ4n) is 2.70. The lowest BCUT2D eigenvalue weighted by atomic mass is 10.0. The van der Waals surface area contributed by atoms with Gasteiger partial charge in [0.25, 0.3) is 0 Å². The monoisotopic (exact) mass is 422 g/mol. The highest BCUT2D eigenvalue weighted by molar-refractivity contribution is 5.92. The van der Waals surface area contributed by atoms with Gasteiger partial charge >= 0.3 is 18.1 Å². The molecule has 0 fully saturated rings. The molecule has 0 saturated carbocycles. The first kappa shape index (κ1) is 21.4. The summed E-state index contributed by atoms with van der Waals surface area (Å²) in [6.45, 7) is 0. The Labute approximate surface area is 177 Å². The number of benzene rings is 3. The molecule has 3 aromatic rings. The molecule has 0 spiro atoms. The fourth-order valence-corrected chi connectivity index (χ4v) is 2.70. The number of carbonyl (C=O) groups is 3. The first-order valence-electron chi connectivity index (χ1n) is 9.01. The van der Waals surface area contributed by atoms with Gasteiger partial charge in [0.05, 0.1) is 25.3 Å². The number of methoxy groups -OCH3 is 2. The maximum Gasteiger partial charge on any atom is 0.513 e. The first-order valence-corrected chi connectivity index (χ1v) is 9.01. The van der Waals surface area contributed by atoms with Crippen LogP contribution in [0.4, 0.5) is 4.79 Å². The lowest BCUT2D eigenvalue weighted by Crippen LogP contribution is -2.11. The zero-order valence-electron chi connectivity index (χ0n) is 16.7. The number of carboxylic acids is 1. The van der Waals surface area contributed by atoms with Gasteiger partial charge in [-0.1, -0.05) is 24.3 Å². The summed E-state index contributed by atoms with van der Waals surface area (Å²) in [5.41, 5.74) is 2.06. The van der Waals surface area contributed by atoms with Crippen molar-refractivity contribution in [1.29, 1.82) is 0 Å². The molecule has 0 heterocycles. The standard InChI is InChI=1S/C23H18O8/c1-28-20-13-17(9-12-19(20)31-23(27)29-2)22(26)30-18-10-7-15(8-11-18)14-3-5-16(6-4-14)21(24)25/h3-13H,1-2H3,(H,24,25). The third-order valence-corrected chi connectivity index (χ3v) is 4.29. The van der Waals surface area contributed by atoms with Crippen LogP contribution in [0, 0.1) is 0 Å². The van der Waals surface area contributed by atoms with Crippen LogP contribution in [0.2, 0.25) is 0 Å². The Bertz CT molecular complexity index is 1100. The van der Waals surface area contributed by atoms with Gasteiger partial charge in [0.2, 0.25) is 0 Å². The van der Waals surface area contributed by atoms with E-state index in [2.05, 4.69) is 4.74 Å². The summed E-state index contributed by atoms with van der Waals surface area (Å²) in [5.74, 6) is -1.02. The average molecular weight is 422 g/mol. The lowest BCUT2D eigenvalue weighted by molar-refractivity contribution is 0.0694. The van der Waals surface area contributed by atoms with Crippen molar-refractivity contribution in [3.05, 3.63) is 77.9 Å². The zero-order chi connectivity index (χ0) is 22.4. The molecule has 0 saturated heterocycles. The summed E-state index contributed by atoms with van der Waals surface area (Å²) in [7, 11) is 2.55. The summed E-state index contributed by atoms with van der Waals surface area (Å²) in [6, 6.07) is 17.4. The van der Waals surface area contributed by atoms with Gasteiger partial charge in [-0.15, -0.1) is 0 Å². The highest BCUT2D eigenvalue weighted by Gasteiger charge is 2.16. The van der Waals surface area contributed by atoms with E-state index in [1.165, 1.54) is 44.6 Å². The Morgan fingerprint density at radius 2 is 1.29 bits per heavy atom. The predicted octanol–water partition coefficient (Wildman–Crippen LogP) is 4.42. The van der Waals surface area contributed by atoms with E-state index in [0.29, 0.717) is 5.75 Å². The van der Waals surface area contributed by atoms with Crippen LogP contribution in [0.1, 0.15) is 20.7 Å². The summed E-state index contributed by atoms with van der Waals surface area (Å²) < 4.78 is 19.9. The van der Waals surface area contributed by atoms with Crippen molar-refractivity contribution in [1.82, 2.24) is 0 Å². The van der Waals surface area contributed by atoms with Crippen molar-refractivity contribution in [3.63, 3.8) is 0 Å². The van der Waals surface area contributed by atoms with E-state index in [4.69, 9.17) is 19.3 Å². The van der Waals surface area contributed by atoms with E-state index in [-0.39, 0.29) is 22.6 Å². The molecule has 8 nitrogen and oxygen atoms in total. The number of hydrogen-bond donors (Lipinski definition) is 1. The van der Waals surface area contributed by atoms with Gasteiger partial charge < -0.3 is 24.1 Å². The third-order valence-electron chi connectivity index (χ3n) is 4.29. The maximum absolute atomic E-state index is 12.5. The number of esters is 1. The molecule has 3 aromatic carbocycles. The molecule has 8 heteroatoms. The lowest BCUT2D eigenvalue weighted by Gasteiger charge is -2.10. The SMILES string of the molecule is COC(=O)Oc1ccc(C(=O)Oc2ccc(-c3ccc(C(=O)O)cc3)cc2)cc1OC. The van der Waals surface area contributed by atoms with Gasteiger partial charge in [-0.2, -0.15) is 0 Å². The Hall–Kier alpha value is -4.33. The minimum atomic E-state index is -0.990. The average Bonchev–Trinajstić information content (AvgIpc) is 2.79. The van der Waals surface area contributed by atoms with Crippen molar-refractivity contribution in [2.45, 2.75) is 0 Å². The first-order chi connectivity index (χ1) is 14.9. The van der Waals surface area contributed by atoms with Crippen LogP contribution in [-0.4, -0.2) is 37.4 Å². The maximum atomic E-state index is 12.5. The molecular weight excluding hydrogens is 404 g/mol. The van der Waals surface area contributed by atoms with E-state index in [1.54, 1.807) is 36.4 Å². The van der Waals surface area contributed by atoms with Crippen molar-refractivity contribution >= 4 is 18.1 Å². The Morgan fingerprint density at radius 1 is 0.710 bits per heavy atom. The largest absolute Gasteiger partial charge is 0.513 e. The van der Waals surface area contributed by atoms with Crippen LogP contribution in [0.3, 0.4) is 0 Å². The Morgan fingerprint density at radius 3 is 1.84 bits per heavy atom. The van der Waals surface area contributed by atoms with Crippen LogP contribution >= 0.6 is 0 Å². The van der Waals surface area contributed by atoms with Crippen molar-refractivity contribution < 1.29 is 38.4 Å². The second-order valence-corrected chi connectivity index (χ2v) is 6.22. The molecule has 31 heavy (non-hydrogen) atoms. The van der Waals surface area contributed by atoms with Crippen LogP contribution in [0.5, 0.6) is 17.2 Å². The number of rotatable bonds is 6. The Balaban J connectivity index is 1.71. The molecule has 0 aromatic heterocycles. The van der Waals surface area contributed by atoms with E-state index in [1.807, 2.05) is 0 Å². The highest BCUT2D eigenvalue weighted by atomic mass is 16.7. The molecular formula is C23H18O8. The van der Waals surface area contributed by atoms with Crippen LogP contribution in [0.25, 0.3) is 11.1 Å². The molecule has 0 aliphatic carbocycles. The van der Waals surface area contributed by atoms with Crippen LogP contribution < -0.4 is 14.2 Å². The second-order valence-electron chi connectivity index (χ2n) is 6.22. The summed E-state index contributed by atoms with van der Waals surface area (Å²) >= 11 is 0. The molecule has 0 amide bonds. The summed E-state index contributed by atoms with van der Waals surface area (Å²) in [4.78, 5) is 34.7. The minimum Gasteiger partial charge on any atom is -0.493 e. The molecule has 0 aliphatic rings. The number of ether oxygens (including phenoxy) is 4. The highest BCUT2D eigenvalue weighted by Crippen LogP contribution is 2.29. The van der Waals surface area contributed by atoms with Gasteiger partial charge in [-0.3, -0.25) is 0 Å².